The van der Waals surface area contributed by atoms with E-state index >= 15 is 0 Å². The molecule has 2 fully saturated rings. The molecule has 4 rings (SSSR count). The molecule has 1 saturated heterocycles. The smallest absolute Gasteiger partial charge is 0.234 e. The van der Waals surface area contributed by atoms with E-state index in [1.54, 1.807) is 0 Å². The van der Waals surface area contributed by atoms with Crippen molar-refractivity contribution in [1.29, 1.82) is 0 Å². The van der Waals surface area contributed by atoms with Gasteiger partial charge in [-0.2, -0.15) is 0 Å². The summed E-state index contributed by atoms with van der Waals surface area (Å²) in [6.45, 7) is 3.32. The van der Waals surface area contributed by atoms with Crippen molar-refractivity contribution in [1.82, 2.24) is 20.2 Å². The quantitative estimate of drug-likeness (QED) is 0.760. The highest BCUT2D eigenvalue weighted by Gasteiger charge is 2.22. The van der Waals surface area contributed by atoms with Crippen LogP contribution in [-0.4, -0.2) is 58.2 Å². The second kappa shape index (κ2) is 8.71. The Hall–Kier alpha value is -2.13. The minimum Gasteiger partial charge on any atom is -0.378 e. The molecule has 0 radical (unpaired) electrons. The van der Waals surface area contributed by atoms with Crippen LogP contribution in [0.15, 0.2) is 29.4 Å². The third-order valence-electron chi connectivity index (χ3n) is 4.99. The molecule has 2 aliphatic rings. The fourth-order valence-corrected chi connectivity index (χ4v) is 4.31. The number of hydrogen-bond acceptors (Lipinski definition) is 7. The van der Waals surface area contributed by atoms with Gasteiger partial charge in [-0.05, 0) is 47.5 Å². The third kappa shape index (κ3) is 4.59. The predicted octanol–water partition coefficient (Wildman–Crippen LogP) is 2.36. The summed E-state index contributed by atoms with van der Waals surface area (Å²) in [5.74, 6) is 0.235. The molecule has 1 N–H and O–H groups in total. The minimum absolute atomic E-state index is 0.0555. The van der Waals surface area contributed by atoms with Gasteiger partial charge in [-0.1, -0.05) is 24.6 Å². The first-order chi connectivity index (χ1) is 13.3. The monoisotopic (exact) mass is 388 g/mol. The summed E-state index contributed by atoms with van der Waals surface area (Å²) < 4.78 is 7.26. The lowest BCUT2D eigenvalue weighted by atomic mass is 10.2. The van der Waals surface area contributed by atoms with Gasteiger partial charge >= 0.3 is 0 Å². The van der Waals surface area contributed by atoms with Gasteiger partial charge in [0.1, 0.15) is 0 Å². The Balaban J connectivity index is 1.29. The number of morpholine rings is 1. The molecule has 2 heterocycles. The van der Waals surface area contributed by atoms with Gasteiger partial charge in [0.15, 0.2) is 0 Å². The second-order valence-electron chi connectivity index (χ2n) is 6.83. The summed E-state index contributed by atoms with van der Waals surface area (Å²) >= 11 is 1.39. The number of amides is 1. The fraction of sp³-hybridized carbons (Fsp3) is 0.556. The lowest BCUT2D eigenvalue weighted by molar-refractivity contribution is -0.113. The van der Waals surface area contributed by atoms with Crippen LogP contribution < -0.4 is 10.2 Å². The lowest BCUT2D eigenvalue weighted by Gasteiger charge is -2.28. The van der Waals surface area contributed by atoms with Crippen molar-refractivity contribution in [2.24, 2.45) is 0 Å². The molecule has 1 saturated carbocycles. The average Bonchev–Trinajstić information content (AvgIpc) is 3.39. The number of ether oxygens (including phenoxy) is 1. The first kappa shape index (κ1) is 18.2. The van der Waals surface area contributed by atoms with Gasteiger partial charge in [-0.3, -0.25) is 4.79 Å². The SMILES string of the molecule is O=C(CSc1nnnn1C1CCCC1)Nc1ccc(N2CCOCC2)cc1. The number of carbonyl (C=O) groups is 1. The van der Waals surface area contributed by atoms with Crippen molar-refractivity contribution in [3.8, 4) is 0 Å². The van der Waals surface area contributed by atoms with Gasteiger partial charge < -0.3 is 15.0 Å². The average molecular weight is 388 g/mol. The highest BCUT2D eigenvalue weighted by Crippen LogP contribution is 2.31. The number of tetrazole rings is 1. The number of nitrogens with one attached hydrogen (secondary N) is 1. The maximum atomic E-state index is 12.3. The highest BCUT2D eigenvalue weighted by molar-refractivity contribution is 7.99. The molecule has 27 heavy (non-hydrogen) atoms. The molecule has 2 aromatic rings. The van der Waals surface area contributed by atoms with Gasteiger partial charge in [0.25, 0.3) is 0 Å². The Labute approximate surface area is 162 Å². The second-order valence-corrected chi connectivity index (χ2v) is 7.77. The fourth-order valence-electron chi connectivity index (χ4n) is 3.56. The zero-order chi connectivity index (χ0) is 18.5. The number of hydrogen-bond donors (Lipinski definition) is 1. The van der Waals surface area contributed by atoms with E-state index < -0.39 is 0 Å². The number of carbonyl (C=O) groups excluding carboxylic acids is 1. The van der Waals surface area contributed by atoms with Crippen molar-refractivity contribution in [2.75, 3.05) is 42.3 Å². The number of aromatic nitrogens is 4. The Bertz CT molecular complexity index is 753. The number of anilines is 2. The van der Waals surface area contributed by atoms with E-state index in [9.17, 15) is 4.79 Å². The van der Waals surface area contributed by atoms with Crippen LogP contribution in [0.25, 0.3) is 0 Å². The van der Waals surface area contributed by atoms with E-state index in [0.29, 0.717) is 6.04 Å². The standard InChI is InChI=1S/C18H24N6O2S/c25-17(13-27-18-20-21-22-24(18)16-3-1-2-4-16)19-14-5-7-15(8-6-14)23-9-11-26-12-10-23/h5-8,16H,1-4,9-13H2,(H,19,25). The molecule has 1 aliphatic heterocycles. The summed E-state index contributed by atoms with van der Waals surface area (Å²) in [6, 6.07) is 8.33. The molecule has 0 spiro atoms. The van der Waals surface area contributed by atoms with Gasteiger partial charge in [-0.15, -0.1) is 5.10 Å². The molecule has 144 valence electrons. The van der Waals surface area contributed by atoms with Crippen molar-refractivity contribution < 1.29 is 9.53 Å². The molecule has 0 bridgehead atoms. The highest BCUT2D eigenvalue weighted by atomic mass is 32.2. The zero-order valence-electron chi connectivity index (χ0n) is 15.2. The Kier molecular flexibility index (Phi) is 5.88. The van der Waals surface area contributed by atoms with Gasteiger partial charge in [0.05, 0.1) is 25.0 Å². The summed E-state index contributed by atoms with van der Waals surface area (Å²) in [6.07, 6.45) is 4.66. The van der Waals surface area contributed by atoms with Crippen molar-refractivity contribution in [2.45, 2.75) is 36.9 Å². The molecule has 0 unspecified atom stereocenters. The first-order valence-corrected chi connectivity index (χ1v) is 10.4. The van der Waals surface area contributed by atoms with E-state index in [0.717, 1.165) is 55.7 Å². The molecule has 1 aromatic carbocycles. The van der Waals surface area contributed by atoms with Crippen LogP contribution in [0.3, 0.4) is 0 Å². The summed E-state index contributed by atoms with van der Waals surface area (Å²) in [4.78, 5) is 14.6. The molecule has 1 amide bonds. The molecular formula is C18H24N6O2S. The maximum absolute atomic E-state index is 12.3. The Morgan fingerprint density at radius 1 is 1.19 bits per heavy atom. The van der Waals surface area contributed by atoms with Gasteiger partial charge in [0, 0.05) is 24.5 Å². The number of benzene rings is 1. The molecular weight excluding hydrogens is 364 g/mol. The molecule has 1 aliphatic carbocycles. The van der Waals surface area contributed by atoms with E-state index in [2.05, 4.69) is 25.7 Å². The maximum Gasteiger partial charge on any atom is 0.234 e. The van der Waals surface area contributed by atoms with Crippen LogP contribution in [0, 0.1) is 0 Å². The predicted molar refractivity (Wildman–Crippen MR) is 104 cm³/mol. The van der Waals surface area contributed by atoms with Gasteiger partial charge in [0.2, 0.25) is 11.1 Å². The Morgan fingerprint density at radius 2 is 1.93 bits per heavy atom. The largest absolute Gasteiger partial charge is 0.378 e. The van der Waals surface area contributed by atoms with E-state index in [1.165, 1.54) is 24.6 Å². The molecule has 1 aromatic heterocycles. The summed E-state index contributed by atoms with van der Waals surface area (Å²) in [5, 5.41) is 15.6. The zero-order valence-corrected chi connectivity index (χ0v) is 16.0. The van der Waals surface area contributed by atoms with E-state index in [4.69, 9.17) is 4.74 Å². The molecule has 9 heteroatoms. The minimum atomic E-state index is -0.0555. The summed E-state index contributed by atoms with van der Waals surface area (Å²) in [7, 11) is 0. The van der Waals surface area contributed by atoms with Crippen LogP contribution >= 0.6 is 11.8 Å². The van der Waals surface area contributed by atoms with Crippen LogP contribution in [0.5, 0.6) is 0 Å². The lowest BCUT2D eigenvalue weighted by Crippen LogP contribution is -2.36. The molecule has 8 nitrogen and oxygen atoms in total. The topological polar surface area (TPSA) is 85.2 Å². The van der Waals surface area contributed by atoms with Crippen molar-refractivity contribution in [3.05, 3.63) is 24.3 Å². The van der Waals surface area contributed by atoms with Gasteiger partial charge in [-0.25, -0.2) is 4.68 Å². The van der Waals surface area contributed by atoms with Crippen LogP contribution in [-0.2, 0) is 9.53 Å². The number of rotatable bonds is 6. The van der Waals surface area contributed by atoms with Crippen LogP contribution in [0.4, 0.5) is 11.4 Å². The summed E-state index contributed by atoms with van der Waals surface area (Å²) in [5.41, 5.74) is 1.95. The molecule has 0 atom stereocenters. The first-order valence-electron chi connectivity index (χ1n) is 9.43. The number of nitrogens with zero attached hydrogens (tertiary/aromatic N) is 5. The Morgan fingerprint density at radius 3 is 2.67 bits per heavy atom. The van der Waals surface area contributed by atoms with E-state index in [-0.39, 0.29) is 11.7 Å². The van der Waals surface area contributed by atoms with Crippen molar-refractivity contribution in [3.63, 3.8) is 0 Å². The van der Waals surface area contributed by atoms with Crippen molar-refractivity contribution >= 4 is 29.0 Å². The van der Waals surface area contributed by atoms with Crippen LogP contribution in [0.2, 0.25) is 0 Å². The third-order valence-corrected chi connectivity index (χ3v) is 5.93. The van der Waals surface area contributed by atoms with E-state index in [1.807, 2.05) is 28.9 Å². The number of thioether (sulfide) groups is 1. The van der Waals surface area contributed by atoms with Crippen LogP contribution in [0.1, 0.15) is 31.7 Å². The normalized spacial score (nSPS) is 18.0.